The van der Waals surface area contributed by atoms with Crippen LogP contribution in [0, 0.1) is 6.92 Å². The lowest BCUT2D eigenvalue weighted by atomic mass is 10.2. The Labute approximate surface area is 125 Å². The summed E-state index contributed by atoms with van der Waals surface area (Å²) < 4.78 is 0. The van der Waals surface area contributed by atoms with E-state index in [0.29, 0.717) is 12.1 Å². The zero-order valence-corrected chi connectivity index (χ0v) is 12.7. The Morgan fingerprint density at radius 3 is 2.74 bits per heavy atom. The van der Waals surface area contributed by atoms with Crippen LogP contribution < -0.4 is 0 Å². The summed E-state index contributed by atoms with van der Waals surface area (Å²) in [7, 11) is 1.73. The highest BCUT2D eigenvalue weighted by Gasteiger charge is 2.15. The SMILES string of the molecule is Cc1ncsc1CN(C)C(=O)c1cnc(Cl)c(Cl)c1. The first-order chi connectivity index (χ1) is 8.99. The molecule has 7 heteroatoms. The minimum Gasteiger partial charge on any atom is -0.336 e. The van der Waals surface area contributed by atoms with Crippen LogP contribution in [0.3, 0.4) is 0 Å². The minimum atomic E-state index is -0.154. The molecule has 2 heterocycles. The number of nitrogens with zero attached hydrogens (tertiary/aromatic N) is 3. The maximum Gasteiger partial charge on any atom is 0.255 e. The van der Waals surface area contributed by atoms with Gasteiger partial charge in [0.2, 0.25) is 0 Å². The number of thiazole rings is 1. The van der Waals surface area contributed by atoms with Gasteiger partial charge >= 0.3 is 0 Å². The summed E-state index contributed by atoms with van der Waals surface area (Å²) in [6, 6.07) is 1.52. The number of hydrogen-bond donors (Lipinski definition) is 0. The summed E-state index contributed by atoms with van der Waals surface area (Å²) in [6.07, 6.45) is 1.42. The third-order valence-electron chi connectivity index (χ3n) is 2.62. The molecule has 2 aromatic heterocycles. The molecule has 0 bridgehead atoms. The lowest BCUT2D eigenvalue weighted by Crippen LogP contribution is -2.26. The Kier molecular flexibility index (Phi) is 4.39. The molecule has 0 aliphatic heterocycles. The predicted octanol–water partition coefficient (Wildman–Crippen LogP) is 3.43. The summed E-state index contributed by atoms with van der Waals surface area (Å²) in [5, 5.41) is 0.467. The molecule has 0 unspecified atom stereocenters. The fraction of sp³-hybridized carbons (Fsp3) is 0.250. The Hall–Kier alpha value is -1.17. The van der Waals surface area contributed by atoms with Crippen molar-refractivity contribution in [1.82, 2.24) is 14.9 Å². The van der Waals surface area contributed by atoms with E-state index in [0.717, 1.165) is 10.6 Å². The van der Waals surface area contributed by atoms with Gasteiger partial charge in [0.15, 0.2) is 0 Å². The number of carbonyl (C=O) groups excluding carboxylic acids is 1. The van der Waals surface area contributed by atoms with Crippen LogP contribution in [-0.4, -0.2) is 27.8 Å². The molecular weight excluding hydrogens is 305 g/mol. The van der Waals surface area contributed by atoms with E-state index in [1.165, 1.54) is 23.6 Å². The van der Waals surface area contributed by atoms with Crippen LogP contribution in [0.1, 0.15) is 20.9 Å². The number of aromatic nitrogens is 2. The lowest BCUT2D eigenvalue weighted by Gasteiger charge is -2.16. The maximum absolute atomic E-state index is 12.2. The molecule has 0 fully saturated rings. The third-order valence-corrected chi connectivity index (χ3v) is 4.22. The summed E-state index contributed by atoms with van der Waals surface area (Å²) in [5.74, 6) is -0.154. The van der Waals surface area contributed by atoms with Crippen molar-refractivity contribution in [2.45, 2.75) is 13.5 Å². The first-order valence-corrected chi connectivity index (χ1v) is 7.08. The quantitative estimate of drug-likeness (QED) is 0.815. The predicted molar refractivity (Wildman–Crippen MR) is 76.9 cm³/mol. The Morgan fingerprint density at radius 2 is 2.16 bits per heavy atom. The molecule has 0 radical (unpaired) electrons. The standard InChI is InChI=1S/C12H11Cl2N3OS/c1-7-10(19-6-16-7)5-17(2)12(18)8-3-9(13)11(14)15-4-8/h3-4,6H,5H2,1-2H3. The van der Waals surface area contributed by atoms with Gasteiger partial charge in [-0.15, -0.1) is 11.3 Å². The highest BCUT2D eigenvalue weighted by atomic mass is 35.5. The number of hydrogen-bond acceptors (Lipinski definition) is 4. The molecule has 0 N–H and O–H groups in total. The molecule has 1 amide bonds. The highest BCUT2D eigenvalue weighted by Crippen LogP contribution is 2.21. The van der Waals surface area contributed by atoms with Crippen LogP contribution in [0.15, 0.2) is 17.8 Å². The molecule has 0 saturated heterocycles. The van der Waals surface area contributed by atoms with Gasteiger partial charge in [0, 0.05) is 18.1 Å². The fourth-order valence-corrected chi connectivity index (χ4v) is 2.62. The summed E-state index contributed by atoms with van der Waals surface area (Å²) >= 11 is 13.1. The normalized spacial score (nSPS) is 10.5. The van der Waals surface area contributed by atoms with E-state index >= 15 is 0 Å². The van der Waals surface area contributed by atoms with Crippen molar-refractivity contribution in [3.8, 4) is 0 Å². The van der Waals surface area contributed by atoms with E-state index in [9.17, 15) is 4.79 Å². The van der Waals surface area contributed by atoms with Crippen molar-refractivity contribution in [3.05, 3.63) is 44.1 Å². The van der Waals surface area contributed by atoms with E-state index in [1.807, 2.05) is 6.92 Å². The largest absolute Gasteiger partial charge is 0.336 e. The second-order valence-electron chi connectivity index (χ2n) is 4.02. The molecule has 0 aliphatic rings. The lowest BCUT2D eigenvalue weighted by molar-refractivity contribution is 0.0786. The average Bonchev–Trinajstić information content (AvgIpc) is 2.77. The number of carbonyl (C=O) groups is 1. The van der Waals surface area contributed by atoms with Gasteiger partial charge in [0.25, 0.3) is 5.91 Å². The highest BCUT2D eigenvalue weighted by molar-refractivity contribution is 7.09. The second-order valence-corrected chi connectivity index (χ2v) is 5.72. The van der Waals surface area contributed by atoms with Gasteiger partial charge in [-0.25, -0.2) is 9.97 Å². The van der Waals surface area contributed by atoms with E-state index in [-0.39, 0.29) is 16.1 Å². The van der Waals surface area contributed by atoms with Crippen LogP contribution in [-0.2, 0) is 6.54 Å². The molecule has 2 aromatic rings. The van der Waals surface area contributed by atoms with E-state index < -0.39 is 0 Å². The van der Waals surface area contributed by atoms with E-state index in [1.54, 1.807) is 17.5 Å². The fourth-order valence-electron chi connectivity index (χ4n) is 1.52. The molecule has 2 rings (SSSR count). The topological polar surface area (TPSA) is 46.1 Å². The average molecular weight is 316 g/mol. The van der Waals surface area contributed by atoms with Crippen LogP contribution in [0.4, 0.5) is 0 Å². The van der Waals surface area contributed by atoms with E-state index in [2.05, 4.69) is 9.97 Å². The van der Waals surface area contributed by atoms with Crippen molar-refractivity contribution in [2.24, 2.45) is 0 Å². The molecule has 0 aliphatic carbocycles. The van der Waals surface area contributed by atoms with Crippen LogP contribution in [0.5, 0.6) is 0 Å². The molecule has 100 valence electrons. The molecule has 0 spiro atoms. The van der Waals surface area contributed by atoms with Gasteiger partial charge < -0.3 is 4.90 Å². The first kappa shape index (κ1) is 14.2. The molecule has 0 atom stereocenters. The Bertz CT molecular complexity index is 615. The van der Waals surface area contributed by atoms with Gasteiger partial charge in [-0.05, 0) is 13.0 Å². The smallest absolute Gasteiger partial charge is 0.255 e. The van der Waals surface area contributed by atoms with Gasteiger partial charge in [-0.3, -0.25) is 4.79 Å². The number of halogens is 2. The molecule has 19 heavy (non-hydrogen) atoms. The maximum atomic E-state index is 12.2. The van der Waals surface area contributed by atoms with E-state index in [4.69, 9.17) is 23.2 Å². The zero-order valence-electron chi connectivity index (χ0n) is 10.4. The third kappa shape index (κ3) is 3.23. The number of aryl methyl sites for hydroxylation is 1. The van der Waals surface area contributed by atoms with Crippen molar-refractivity contribution in [3.63, 3.8) is 0 Å². The first-order valence-electron chi connectivity index (χ1n) is 5.44. The van der Waals surface area contributed by atoms with Gasteiger partial charge in [-0.1, -0.05) is 23.2 Å². The van der Waals surface area contributed by atoms with Crippen LogP contribution in [0.2, 0.25) is 10.2 Å². The van der Waals surface area contributed by atoms with Gasteiger partial charge in [-0.2, -0.15) is 0 Å². The van der Waals surface area contributed by atoms with Crippen molar-refractivity contribution in [1.29, 1.82) is 0 Å². The summed E-state index contributed by atoms with van der Waals surface area (Å²) in [4.78, 5) is 22.9. The van der Waals surface area contributed by atoms with Crippen LogP contribution in [0.25, 0.3) is 0 Å². The monoisotopic (exact) mass is 315 g/mol. The summed E-state index contributed by atoms with van der Waals surface area (Å²) in [6.45, 7) is 2.43. The number of amides is 1. The number of rotatable bonds is 3. The molecule has 0 saturated carbocycles. The zero-order chi connectivity index (χ0) is 14.0. The van der Waals surface area contributed by atoms with Crippen molar-refractivity contribution < 1.29 is 4.79 Å². The van der Waals surface area contributed by atoms with Gasteiger partial charge in [0.05, 0.1) is 28.3 Å². The van der Waals surface area contributed by atoms with Crippen molar-refractivity contribution in [2.75, 3.05) is 7.05 Å². The molecule has 0 aromatic carbocycles. The number of pyridine rings is 1. The van der Waals surface area contributed by atoms with Crippen molar-refractivity contribution >= 4 is 40.4 Å². The Morgan fingerprint density at radius 1 is 1.42 bits per heavy atom. The summed E-state index contributed by atoms with van der Waals surface area (Å²) in [5.41, 5.74) is 3.12. The minimum absolute atomic E-state index is 0.154. The van der Waals surface area contributed by atoms with Crippen LogP contribution >= 0.6 is 34.5 Å². The van der Waals surface area contributed by atoms with Gasteiger partial charge in [0.1, 0.15) is 5.15 Å². The second kappa shape index (κ2) is 5.86. The Balaban J connectivity index is 2.15. The molecular formula is C12H11Cl2N3OS. The molecule has 4 nitrogen and oxygen atoms in total.